The van der Waals surface area contributed by atoms with Gasteiger partial charge in [0.25, 0.3) is 5.91 Å². The smallest absolute Gasteiger partial charge is 0.260 e. The van der Waals surface area contributed by atoms with E-state index < -0.39 is 0 Å². The first-order valence-corrected chi connectivity index (χ1v) is 8.03. The van der Waals surface area contributed by atoms with E-state index in [1.165, 1.54) is 4.90 Å². The minimum absolute atomic E-state index is 0.115. The molecule has 0 aliphatic heterocycles. The van der Waals surface area contributed by atoms with Crippen molar-refractivity contribution in [3.8, 4) is 11.8 Å². The summed E-state index contributed by atoms with van der Waals surface area (Å²) in [6.45, 7) is 0.250. The van der Waals surface area contributed by atoms with E-state index in [1.807, 2.05) is 6.07 Å². The van der Waals surface area contributed by atoms with Gasteiger partial charge in [0.15, 0.2) is 12.4 Å². The van der Waals surface area contributed by atoms with Crippen molar-refractivity contribution in [1.82, 2.24) is 4.90 Å². The molecule has 25 heavy (non-hydrogen) atoms. The maximum absolute atomic E-state index is 12.4. The number of halogens is 1. The Morgan fingerprint density at radius 2 is 1.64 bits per heavy atom. The summed E-state index contributed by atoms with van der Waals surface area (Å²) in [4.78, 5) is 25.6. The lowest BCUT2D eigenvalue weighted by Gasteiger charge is -2.15. The summed E-state index contributed by atoms with van der Waals surface area (Å²) < 4.78 is 5.42. The molecule has 0 bridgehead atoms. The number of likely N-dealkylation sites (N-methyl/N-ethyl adjacent to an activating group) is 1. The number of nitriles is 1. The minimum Gasteiger partial charge on any atom is -0.484 e. The maximum atomic E-state index is 12.4. The van der Waals surface area contributed by atoms with Gasteiger partial charge in [-0.1, -0.05) is 11.6 Å². The minimum atomic E-state index is -0.212. The first-order chi connectivity index (χ1) is 12.0. The summed E-state index contributed by atoms with van der Waals surface area (Å²) in [7, 11) is 1.62. The number of hydrogen-bond acceptors (Lipinski definition) is 4. The molecule has 0 aliphatic rings. The molecular formula is C19H17ClN2O3. The van der Waals surface area contributed by atoms with Crippen LogP contribution in [0, 0.1) is 11.3 Å². The molecule has 2 rings (SSSR count). The van der Waals surface area contributed by atoms with Crippen molar-refractivity contribution in [3.05, 3.63) is 64.7 Å². The van der Waals surface area contributed by atoms with Gasteiger partial charge in [0.2, 0.25) is 0 Å². The fraction of sp³-hybridized carbons (Fsp3) is 0.211. The Labute approximate surface area is 151 Å². The van der Waals surface area contributed by atoms with Gasteiger partial charge >= 0.3 is 0 Å². The molecular weight excluding hydrogens is 340 g/mol. The van der Waals surface area contributed by atoms with E-state index in [0.29, 0.717) is 28.4 Å². The fourth-order valence-electron chi connectivity index (χ4n) is 2.07. The summed E-state index contributed by atoms with van der Waals surface area (Å²) in [6.07, 6.45) is 0.281. The summed E-state index contributed by atoms with van der Waals surface area (Å²) in [5.41, 5.74) is 1.07. The van der Waals surface area contributed by atoms with Gasteiger partial charge in [-0.3, -0.25) is 9.59 Å². The molecule has 0 heterocycles. The normalized spacial score (nSPS) is 9.96. The maximum Gasteiger partial charge on any atom is 0.260 e. The van der Waals surface area contributed by atoms with Crippen LogP contribution in [0.25, 0.3) is 0 Å². The lowest BCUT2D eigenvalue weighted by atomic mass is 10.0. The van der Waals surface area contributed by atoms with Crippen molar-refractivity contribution in [2.75, 3.05) is 20.2 Å². The van der Waals surface area contributed by atoms with Crippen LogP contribution in [0.1, 0.15) is 22.3 Å². The summed E-state index contributed by atoms with van der Waals surface area (Å²) in [6, 6.07) is 15.3. The monoisotopic (exact) mass is 356 g/mol. The van der Waals surface area contributed by atoms with Gasteiger partial charge < -0.3 is 9.64 Å². The predicted molar refractivity (Wildman–Crippen MR) is 94.7 cm³/mol. The number of ether oxygens (including phenoxy) is 1. The molecule has 2 aromatic rings. The Morgan fingerprint density at radius 3 is 2.20 bits per heavy atom. The average Bonchev–Trinajstić information content (AvgIpc) is 2.64. The van der Waals surface area contributed by atoms with Crippen LogP contribution in [-0.4, -0.2) is 36.8 Å². The number of carbonyl (C=O) groups is 2. The van der Waals surface area contributed by atoms with E-state index in [-0.39, 0.29) is 24.7 Å². The highest BCUT2D eigenvalue weighted by Crippen LogP contribution is 2.17. The molecule has 128 valence electrons. The van der Waals surface area contributed by atoms with Crippen LogP contribution in [0.3, 0.4) is 0 Å². The molecule has 0 saturated heterocycles. The quantitative estimate of drug-likeness (QED) is 0.713. The molecule has 0 saturated carbocycles. The van der Waals surface area contributed by atoms with Gasteiger partial charge in [-0.05, 0) is 48.5 Å². The zero-order valence-corrected chi connectivity index (χ0v) is 14.5. The van der Waals surface area contributed by atoms with Crippen LogP contribution in [0.5, 0.6) is 5.75 Å². The number of rotatable bonds is 7. The number of amides is 1. The van der Waals surface area contributed by atoms with Crippen LogP contribution in [0.4, 0.5) is 0 Å². The Hall–Kier alpha value is -2.84. The molecule has 0 unspecified atom stereocenters. The van der Waals surface area contributed by atoms with Gasteiger partial charge in [0, 0.05) is 29.7 Å². The number of hydrogen-bond donors (Lipinski definition) is 0. The van der Waals surface area contributed by atoms with Crippen molar-refractivity contribution in [1.29, 1.82) is 5.26 Å². The van der Waals surface area contributed by atoms with Crippen LogP contribution < -0.4 is 4.74 Å². The molecule has 0 spiro atoms. The largest absolute Gasteiger partial charge is 0.484 e. The van der Waals surface area contributed by atoms with Crippen LogP contribution in [-0.2, 0) is 4.79 Å². The van der Waals surface area contributed by atoms with Crippen molar-refractivity contribution in [2.45, 2.75) is 6.42 Å². The van der Waals surface area contributed by atoms with Crippen LogP contribution in [0.2, 0.25) is 5.02 Å². The highest BCUT2D eigenvalue weighted by atomic mass is 35.5. The Bertz CT molecular complexity index is 780. The Morgan fingerprint density at radius 1 is 1.08 bits per heavy atom. The molecule has 2 aromatic carbocycles. The summed E-state index contributed by atoms with van der Waals surface area (Å²) >= 11 is 5.82. The third-order valence-corrected chi connectivity index (χ3v) is 3.82. The molecule has 6 heteroatoms. The Kier molecular flexibility index (Phi) is 6.55. The van der Waals surface area contributed by atoms with Crippen LogP contribution >= 0.6 is 11.6 Å². The highest BCUT2D eigenvalue weighted by Gasteiger charge is 2.11. The molecule has 0 aromatic heterocycles. The number of carbonyl (C=O) groups excluding carboxylic acids is 2. The van der Waals surface area contributed by atoms with Crippen molar-refractivity contribution >= 4 is 23.3 Å². The van der Waals surface area contributed by atoms with Crippen molar-refractivity contribution in [2.24, 2.45) is 0 Å². The van der Waals surface area contributed by atoms with Gasteiger partial charge in [-0.25, -0.2) is 0 Å². The molecule has 0 N–H and O–H groups in total. The highest BCUT2D eigenvalue weighted by molar-refractivity contribution is 6.30. The number of benzene rings is 2. The van der Waals surface area contributed by atoms with E-state index in [9.17, 15) is 9.59 Å². The lowest BCUT2D eigenvalue weighted by Crippen LogP contribution is -2.32. The van der Waals surface area contributed by atoms with Crippen LogP contribution in [0.15, 0.2) is 48.5 Å². The van der Waals surface area contributed by atoms with E-state index >= 15 is 0 Å². The second kappa shape index (κ2) is 8.86. The SMILES string of the molecule is CN(CCC#N)C(=O)COc1ccc(C(=O)c2ccc(Cl)cc2)cc1. The molecule has 0 atom stereocenters. The fourth-order valence-corrected chi connectivity index (χ4v) is 2.19. The third kappa shape index (κ3) is 5.33. The van der Waals surface area contributed by atoms with Gasteiger partial charge in [0.05, 0.1) is 12.5 Å². The standard InChI is InChI=1S/C19H17ClN2O3/c1-22(12-2-11-21)18(23)13-25-17-9-5-15(6-10-17)19(24)14-3-7-16(20)8-4-14/h3-10H,2,12-13H2,1H3. The van der Waals surface area contributed by atoms with E-state index in [1.54, 1.807) is 55.6 Å². The van der Waals surface area contributed by atoms with E-state index in [2.05, 4.69) is 0 Å². The summed E-state index contributed by atoms with van der Waals surface area (Å²) in [5.74, 6) is 0.168. The topological polar surface area (TPSA) is 70.4 Å². The lowest BCUT2D eigenvalue weighted by molar-refractivity contribution is -0.131. The van der Waals surface area contributed by atoms with E-state index in [4.69, 9.17) is 21.6 Å². The second-order valence-corrected chi connectivity index (χ2v) is 5.81. The molecule has 0 radical (unpaired) electrons. The molecule has 1 amide bonds. The van der Waals surface area contributed by atoms with Crippen molar-refractivity contribution < 1.29 is 14.3 Å². The number of ketones is 1. The zero-order valence-electron chi connectivity index (χ0n) is 13.7. The predicted octanol–water partition coefficient (Wildman–Crippen LogP) is 3.32. The molecule has 0 aliphatic carbocycles. The number of nitrogens with zero attached hydrogens (tertiary/aromatic N) is 2. The first-order valence-electron chi connectivity index (χ1n) is 7.65. The zero-order chi connectivity index (χ0) is 18.2. The third-order valence-electron chi connectivity index (χ3n) is 3.57. The van der Waals surface area contributed by atoms with Gasteiger partial charge in [-0.2, -0.15) is 5.26 Å². The average molecular weight is 357 g/mol. The van der Waals surface area contributed by atoms with Gasteiger partial charge in [0.1, 0.15) is 5.75 Å². The van der Waals surface area contributed by atoms with Crippen molar-refractivity contribution in [3.63, 3.8) is 0 Å². The van der Waals surface area contributed by atoms with Gasteiger partial charge in [-0.15, -0.1) is 0 Å². The van der Waals surface area contributed by atoms with E-state index in [0.717, 1.165) is 0 Å². The molecule has 0 fully saturated rings. The first kappa shape index (κ1) is 18.5. The summed E-state index contributed by atoms with van der Waals surface area (Å²) in [5, 5.41) is 9.09. The molecule has 5 nitrogen and oxygen atoms in total. The Balaban J connectivity index is 1.93. The second-order valence-electron chi connectivity index (χ2n) is 5.37.